The first-order valence-corrected chi connectivity index (χ1v) is 5.60. The summed E-state index contributed by atoms with van der Waals surface area (Å²) in [7, 11) is 0. The predicted molar refractivity (Wildman–Crippen MR) is 62.0 cm³/mol. The third-order valence-corrected chi connectivity index (χ3v) is 2.53. The van der Waals surface area contributed by atoms with E-state index in [1.807, 2.05) is 0 Å². The summed E-state index contributed by atoms with van der Waals surface area (Å²) in [6.45, 7) is 2.12. The van der Waals surface area contributed by atoms with Crippen molar-refractivity contribution in [2.24, 2.45) is 0 Å². The number of hydrogen-bond acceptors (Lipinski definition) is 2. The minimum Gasteiger partial charge on any atom is -0.464 e. The van der Waals surface area contributed by atoms with Gasteiger partial charge in [0, 0.05) is 11.8 Å². The summed E-state index contributed by atoms with van der Waals surface area (Å²) < 4.78 is 0.731. The molecule has 0 aliphatic carbocycles. The average molecular weight is 223 g/mol. The first-order chi connectivity index (χ1) is 7.66. The second kappa shape index (κ2) is 6.10. The zero-order valence-electron chi connectivity index (χ0n) is 9.48. The Hall–Kier alpha value is -1.58. The number of carboxylic acid groups (broad SMARTS) is 1. The second-order valence-corrected chi connectivity index (χ2v) is 3.80. The molecular formula is C12H17NO3. The van der Waals surface area contributed by atoms with E-state index in [1.165, 1.54) is 6.20 Å². The van der Waals surface area contributed by atoms with Crippen LogP contribution in [0.1, 0.15) is 38.2 Å². The molecule has 0 bridgehead atoms. The third-order valence-electron chi connectivity index (χ3n) is 2.53. The molecule has 0 radical (unpaired) electrons. The van der Waals surface area contributed by atoms with Crippen LogP contribution in [0.5, 0.6) is 0 Å². The van der Waals surface area contributed by atoms with Crippen LogP contribution in [0.25, 0.3) is 0 Å². The Morgan fingerprint density at radius 2 is 2.12 bits per heavy atom. The van der Waals surface area contributed by atoms with Crippen LogP contribution in [0.2, 0.25) is 0 Å². The lowest BCUT2D eigenvalue weighted by Crippen LogP contribution is -2.27. The maximum Gasteiger partial charge on any atom is 0.418 e. The van der Waals surface area contributed by atoms with Crippen molar-refractivity contribution in [2.75, 3.05) is 0 Å². The standard InChI is InChI=1S/C12H17NO3/c1-2-3-4-5-7-10-8-6-9-13(11(10)14)12(15)16/h6,8-9H,2-5,7H2,1H3,(H,15,16). The van der Waals surface area contributed by atoms with Gasteiger partial charge in [-0.2, -0.15) is 0 Å². The zero-order valence-corrected chi connectivity index (χ0v) is 9.48. The molecule has 1 heterocycles. The highest BCUT2D eigenvalue weighted by Crippen LogP contribution is 2.04. The molecule has 4 heteroatoms. The van der Waals surface area contributed by atoms with Crippen molar-refractivity contribution in [1.82, 2.24) is 4.57 Å². The van der Waals surface area contributed by atoms with Crippen LogP contribution in [-0.2, 0) is 6.42 Å². The number of rotatable bonds is 5. The van der Waals surface area contributed by atoms with Gasteiger partial charge < -0.3 is 5.11 Å². The molecule has 0 saturated heterocycles. The van der Waals surface area contributed by atoms with Gasteiger partial charge in [-0.05, 0) is 18.9 Å². The van der Waals surface area contributed by atoms with Crippen molar-refractivity contribution in [3.63, 3.8) is 0 Å². The number of pyridine rings is 1. The number of nitrogens with zero attached hydrogens (tertiary/aromatic N) is 1. The highest BCUT2D eigenvalue weighted by Gasteiger charge is 2.07. The quantitative estimate of drug-likeness (QED) is 0.780. The van der Waals surface area contributed by atoms with Crippen LogP contribution < -0.4 is 5.56 Å². The number of aryl methyl sites for hydroxylation is 1. The van der Waals surface area contributed by atoms with Gasteiger partial charge in [0.05, 0.1) is 0 Å². The summed E-state index contributed by atoms with van der Waals surface area (Å²) in [6.07, 6.45) is 5.03. The number of carbonyl (C=O) groups is 1. The first-order valence-electron chi connectivity index (χ1n) is 5.60. The minimum atomic E-state index is -1.22. The molecule has 16 heavy (non-hydrogen) atoms. The van der Waals surface area contributed by atoms with E-state index in [0.717, 1.165) is 30.3 Å². The van der Waals surface area contributed by atoms with Crippen LogP contribution in [0, 0.1) is 0 Å². The van der Waals surface area contributed by atoms with Gasteiger partial charge in [-0.15, -0.1) is 0 Å². The van der Waals surface area contributed by atoms with Crippen molar-refractivity contribution in [1.29, 1.82) is 0 Å². The Labute approximate surface area is 94.5 Å². The van der Waals surface area contributed by atoms with E-state index in [-0.39, 0.29) is 0 Å². The molecule has 1 rings (SSSR count). The van der Waals surface area contributed by atoms with Gasteiger partial charge in [-0.3, -0.25) is 4.79 Å². The predicted octanol–water partition coefficient (Wildman–Crippen LogP) is 2.50. The normalized spacial score (nSPS) is 10.3. The van der Waals surface area contributed by atoms with Crippen molar-refractivity contribution in [3.05, 3.63) is 34.2 Å². The van der Waals surface area contributed by atoms with Crippen LogP contribution in [0.15, 0.2) is 23.1 Å². The summed E-state index contributed by atoms with van der Waals surface area (Å²) in [5.41, 5.74) is 0.174. The van der Waals surface area contributed by atoms with E-state index in [2.05, 4.69) is 6.92 Å². The molecule has 0 spiro atoms. The molecule has 0 atom stereocenters. The van der Waals surface area contributed by atoms with Gasteiger partial charge in [-0.25, -0.2) is 9.36 Å². The Morgan fingerprint density at radius 3 is 2.75 bits per heavy atom. The molecule has 0 aliphatic heterocycles. The molecule has 1 aromatic rings. The molecule has 0 unspecified atom stereocenters. The van der Waals surface area contributed by atoms with E-state index < -0.39 is 11.7 Å². The SMILES string of the molecule is CCCCCCc1cccn(C(=O)O)c1=O. The van der Waals surface area contributed by atoms with E-state index >= 15 is 0 Å². The fourth-order valence-corrected chi connectivity index (χ4v) is 1.62. The fraction of sp³-hybridized carbons (Fsp3) is 0.500. The van der Waals surface area contributed by atoms with Crippen LogP contribution >= 0.6 is 0 Å². The molecule has 1 aromatic heterocycles. The van der Waals surface area contributed by atoms with Crippen molar-refractivity contribution < 1.29 is 9.90 Å². The van der Waals surface area contributed by atoms with Crippen molar-refractivity contribution >= 4 is 6.09 Å². The van der Waals surface area contributed by atoms with E-state index in [0.29, 0.717) is 12.0 Å². The lowest BCUT2D eigenvalue weighted by atomic mass is 10.1. The van der Waals surface area contributed by atoms with Gasteiger partial charge in [0.15, 0.2) is 0 Å². The third kappa shape index (κ3) is 3.22. The Bertz CT molecular complexity index is 409. The maximum absolute atomic E-state index is 11.7. The van der Waals surface area contributed by atoms with Crippen molar-refractivity contribution in [3.8, 4) is 0 Å². The Morgan fingerprint density at radius 1 is 1.38 bits per heavy atom. The van der Waals surface area contributed by atoms with Crippen LogP contribution in [-0.4, -0.2) is 15.8 Å². The lowest BCUT2D eigenvalue weighted by Gasteiger charge is -2.03. The largest absolute Gasteiger partial charge is 0.464 e. The summed E-state index contributed by atoms with van der Waals surface area (Å²) in [4.78, 5) is 22.4. The molecule has 4 nitrogen and oxygen atoms in total. The topological polar surface area (TPSA) is 59.3 Å². The number of unbranched alkanes of at least 4 members (excludes halogenated alkanes) is 3. The molecule has 88 valence electrons. The number of aromatic nitrogens is 1. The zero-order chi connectivity index (χ0) is 12.0. The van der Waals surface area contributed by atoms with Crippen LogP contribution in [0.4, 0.5) is 4.79 Å². The van der Waals surface area contributed by atoms with Gasteiger partial charge in [0.25, 0.3) is 5.56 Å². The molecule has 1 N–H and O–H groups in total. The molecular weight excluding hydrogens is 206 g/mol. The summed E-state index contributed by atoms with van der Waals surface area (Å²) in [6, 6.07) is 3.30. The smallest absolute Gasteiger partial charge is 0.418 e. The molecule has 0 amide bonds. The van der Waals surface area contributed by atoms with Crippen molar-refractivity contribution in [2.45, 2.75) is 39.0 Å². The Kier molecular flexibility index (Phi) is 4.76. The lowest BCUT2D eigenvalue weighted by molar-refractivity contribution is 0.195. The summed E-state index contributed by atoms with van der Waals surface area (Å²) >= 11 is 0. The van der Waals surface area contributed by atoms with Gasteiger partial charge >= 0.3 is 6.09 Å². The van der Waals surface area contributed by atoms with Gasteiger partial charge in [0.1, 0.15) is 0 Å². The van der Waals surface area contributed by atoms with E-state index in [1.54, 1.807) is 12.1 Å². The molecule has 0 aromatic carbocycles. The summed E-state index contributed by atoms with van der Waals surface area (Å²) in [5, 5.41) is 8.76. The number of hydrogen-bond donors (Lipinski definition) is 1. The van der Waals surface area contributed by atoms with Crippen LogP contribution in [0.3, 0.4) is 0 Å². The Balaban J connectivity index is 2.70. The second-order valence-electron chi connectivity index (χ2n) is 3.80. The molecule has 0 saturated carbocycles. The minimum absolute atomic E-state index is 0.411. The van der Waals surface area contributed by atoms with E-state index in [4.69, 9.17) is 5.11 Å². The summed E-state index contributed by atoms with van der Waals surface area (Å²) in [5.74, 6) is 0. The van der Waals surface area contributed by atoms with E-state index in [9.17, 15) is 9.59 Å². The highest BCUT2D eigenvalue weighted by atomic mass is 16.4. The fourth-order valence-electron chi connectivity index (χ4n) is 1.62. The maximum atomic E-state index is 11.7. The van der Waals surface area contributed by atoms with Gasteiger partial charge in [-0.1, -0.05) is 32.3 Å². The van der Waals surface area contributed by atoms with Gasteiger partial charge in [0.2, 0.25) is 0 Å². The highest BCUT2D eigenvalue weighted by molar-refractivity contribution is 5.67. The monoisotopic (exact) mass is 223 g/mol. The first kappa shape index (κ1) is 12.5. The molecule has 0 aliphatic rings. The average Bonchev–Trinajstić information content (AvgIpc) is 2.26. The molecule has 0 fully saturated rings.